The Balaban J connectivity index is 1.61. The minimum Gasteiger partial charge on any atom is -0.506 e. The fraction of sp³-hybridized carbons (Fsp3) is 0.385. The van der Waals surface area contributed by atoms with Crippen LogP contribution in [0.15, 0.2) is 22.9 Å². The fourth-order valence-corrected chi connectivity index (χ4v) is 2.74. The van der Waals surface area contributed by atoms with E-state index in [0.717, 1.165) is 23.7 Å². The molecule has 1 aliphatic carbocycles. The van der Waals surface area contributed by atoms with E-state index in [1.54, 1.807) is 12.3 Å². The lowest BCUT2D eigenvalue weighted by Gasteiger charge is -2.22. The number of halogens is 1. The van der Waals surface area contributed by atoms with Gasteiger partial charge in [-0.25, -0.2) is 0 Å². The van der Waals surface area contributed by atoms with E-state index in [9.17, 15) is 5.11 Å². The Hall–Kier alpha value is -1.40. The number of nitrogens with one attached hydrogen (secondary N) is 2. The number of aromatic hydroxyl groups is 1. The summed E-state index contributed by atoms with van der Waals surface area (Å²) in [6, 6.07) is 2.08. The predicted molar refractivity (Wildman–Crippen MR) is 74.8 cm³/mol. The van der Waals surface area contributed by atoms with Crippen LogP contribution in [-0.2, 0) is 19.4 Å². The van der Waals surface area contributed by atoms with Gasteiger partial charge in [0, 0.05) is 29.0 Å². The zero-order valence-electron chi connectivity index (χ0n) is 10.4. The summed E-state index contributed by atoms with van der Waals surface area (Å²) in [5.74, 6) is 0.224. The van der Waals surface area contributed by atoms with Crippen molar-refractivity contribution < 1.29 is 5.11 Å². The quantitative estimate of drug-likeness (QED) is 0.807. The van der Waals surface area contributed by atoms with Crippen LogP contribution in [0.5, 0.6) is 5.75 Å². The topological polar surface area (TPSA) is 73.8 Å². The van der Waals surface area contributed by atoms with Crippen molar-refractivity contribution in [3.63, 3.8) is 0 Å². The molecule has 1 atom stereocenters. The third-order valence-electron chi connectivity index (χ3n) is 3.49. The van der Waals surface area contributed by atoms with E-state index in [-0.39, 0.29) is 5.75 Å². The third-order valence-corrected chi connectivity index (χ3v) is 3.92. The van der Waals surface area contributed by atoms with Gasteiger partial charge in [-0.1, -0.05) is 0 Å². The number of pyridine rings is 1. The van der Waals surface area contributed by atoms with Gasteiger partial charge in [0.1, 0.15) is 5.75 Å². The molecule has 3 rings (SSSR count). The first kappa shape index (κ1) is 12.6. The molecule has 0 aromatic carbocycles. The minimum atomic E-state index is 0.224. The van der Waals surface area contributed by atoms with Crippen LogP contribution in [0, 0.1) is 0 Å². The van der Waals surface area contributed by atoms with Gasteiger partial charge in [-0.05, 0) is 46.8 Å². The highest BCUT2D eigenvalue weighted by Crippen LogP contribution is 2.22. The van der Waals surface area contributed by atoms with Gasteiger partial charge in [0.25, 0.3) is 0 Å². The van der Waals surface area contributed by atoms with E-state index in [0.29, 0.717) is 18.3 Å². The Morgan fingerprint density at radius 3 is 3.21 bits per heavy atom. The Kier molecular flexibility index (Phi) is 3.52. The average Bonchev–Trinajstić information content (AvgIpc) is 2.85. The number of aryl methyl sites for hydroxylation is 1. The van der Waals surface area contributed by atoms with E-state index < -0.39 is 0 Å². The smallest absolute Gasteiger partial charge is 0.139 e. The molecule has 19 heavy (non-hydrogen) atoms. The van der Waals surface area contributed by atoms with Crippen LogP contribution >= 0.6 is 15.9 Å². The Morgan fingerprint density at radius 1 is 1.47 bits per heavy atom. The molecule has 2 aromatic rings. The second-order valence-electron chi connectivity index (χ2n) is 4.81. The van der Waals surface area contributed by atoms with Crippen LogP contribution in [0.25, 0.3) is 0 Å². The molecule has 0 amide bonds. The summed E-state index contributed by atoms with van der Waals surface area (Å²) in [6.07, 6.45) is 6.67. The maximum absolute atomic E-state index is 9.80. The van der Waals surface area contributed by atoms with Crippen LogP contribution < -0.4 is 5.32 Å². The highest BCUT2D eigenvalue weighted by molar-refractivity contribution is 9.10. The number of nitrogens with zero attached hydrogens (tertiary/aromatic N) is 2. The van der Waals surface area contributed by atoms with Gasteiger partial charge in [0.2, 0.25) is 0 Å². The minimum absolute atomic E-state index is 0.224. The first-order chi connectivity index (χ1) is 9.22. The van der Waals surface area contributed by atoms with E-state index in [1.165, 1.54) is 11.3 Å². The summed E-state index contributed by atoms with van der Waals surface area (Å²) >= 11 is 3.28. The second kappa shape index (κ2) is 5.30. The molecule has 6 heteroatoms. The molecule has 0 aliphatic heterocycles. The largest absolute Gasteiger partial charge is 0.506 e. The SMILES string of the molecule is Oc1cc(Br)cnc1CNC1CCc2[nH]ncc2C1. The Labute approximate surface area is 119 Å². The molecule has 5 nitrogen and oxygen atoms in total. The molecule has 2 heterocycles. The van der Waals surface area contributed by atoms with Crippen molar-refractivity contribution in [2.24, 2.45) is 0 Å². The molecule has 1 aliphatic rings. The maximum Gasteiger partial charge on any atom is 0.139 e. The van der Waals surface area contributed by atoms with Crippen LogP contribution in [-0.4, -0.2) is 26.3 Å². The molecular weight excluding hydrogens is 308 g/mol. The highest BCUT2D eigenvalue weighted by atomic mass is 79.9. The molecule has 0 radical (unpaired) electrons. The molecule has 1 unspecified atom stereocenters. The molecule has 2 aromatic heterocycles. The van der Waals surface area contributed by atoms with Crippen molar-refractivity contribution in [1.29, 1.82) is 0 Å². The first-order valence-electron chi connectivity index (χ1n) is 6.30. The fourth-order valence-electron chi connectivity index (χ4n) is 2.42. The standard InChI is InChI=1S/C13H15BrN4O/c14-9-4-13(19)12(16-6-9)7-15-10-1-2-11-8(3-10)5-17-18-11/h4-6,10,15,19H,1-3,7H2,(H,17,18). The summed E-state index contributed by atoms with van der Waals surface area (Å²) in [5, 5.41) is 20.3. The van der Waals surface area contributed by atoms with Gasteiger partial charge in [-0.3, -0.25) is 10.1 Å². The lowest BCUT2D eigenvalue weighted by molar-refractivity contribution is 0.430. The predicted octanol–water partition coefficient (Wildman–Crippen LogP) is 1.92. The van der Waals surface area contributed by atoms with Crippen LogP contribution in [0.4, 0.5) is 0 Å². The molecule has 0 spiro atoms. The van der Waals surface area contributed by atoms with Crippen LogP contribution in [0.3, 0.4) is 0 Å². The van der Waals surface area contributed by atoms with Gasteiger partial charge >= 0.3 is 0 Å². The van der Waals surface area contributed by atoms with Gasteiger partial charge < -0.3 is 10.4 Å². The van der Waals surface area contributed by atoms with Crippen molar-refractivity contribution in [3.05, 3.63) is 39.9 Å². The van der Waals surface area contributed by atoms with Crippen LogP contribution in [0.2, 0.25) is 0 Å². The molecule has 0 saturated carbocycles. The third kappa shape index (κ3) is 2.79. The van der Waals surface area contributed by atoms with E-state index in [1.807, 2.05) is 6.20 Å². The number of rotatable bonds is 3. The van der Waals surface area contributed by atoms with Gasteiger partial charge in [0.05, 0.1) is 11.9 Å². The lowest BCUT2D eigenvalue weighted by atomic mass is 9.93. The Bertz CT molecular complexity index is 584. The summed E-state index contributed by atoms with van der Waals surface area (Å²) < 4.78 is 0.787. The van der Waals surface area contributed by atoms with Gasteiger partial charge in [-0.15, -0.1) is 0 Å². The van der Waals surface area contributed by atoms with Gasteiger partial charge in [0.15, 0.2) is 0 Å². The second-order valence-corrected chi connectivity index (χ2v) is 5.73. The van der Waals surface area contributed by atoms with Crippen molar-refractivity contribution in [3.8, 4) is 5.75 Å². The number of H-pyrrole nitrogens is 1. The zero-order valence-corrected chi connectivity index (χ0v) is 11.9. The average molecular weight is 323 g/mol. The summed E-state index contributed by atoms with van der Waals surface area (Å²) in [5.41, 5.74) is 3.22. The molecule has 100 valence electrons. The summed E-state index contributed by atoms with van der Waals surface area (Å²) in [6.45, 7) is 0.580. The maximum atomic E-state index is 9.80. The highest BCUT2D eigenvalue weighted by Gasteiger charge is 2.19. The van der Waals surface area contributed by atoms with E-state index in [2.05, 4.69) is 36.4 Å². The van der Waals surface area contributed by atoms with Crippen molar-refractivity contribution in [1.82, 2.24) is 20.5 Å². The molecule has 3 N–H and O–H groups in total. The normalized spacial score (nSPS) is 18.3. The molecule has 0 bridgehead atoms. The van der Waals surface area contributed by atoms with E-state index >= 15 is 0 Å². The molecular formula is C13H15BrN4O. The number of hydrogen-bond acceptors (Lipinski definition) is 4. The lowest BCUT2D eigenvalue weighted by Crippen LogP contribution is -2.34. The Morgan fingerprint density at radius 2 is 2.37 bits per heavy atom. The van der Waals surface area contributed by atoms with Crippen molar-refractivity contribution in [2.75, 3.05) is 0 Å². The molecule has 0 fully saturated rings. The number of aromatic amines is 1. The number of hydrogen-bond donors (Lipinski definition) is 3. The zero-order chi connectivity index (χ0) is 13.2. The van der Waals surface area contributed by atoms with Crippen molar-refractivity contribution in [2.45, 2.75) is 31.8 Å². The summed E-state index contributed by atoms with van der Waals surface area (Å²) in [7, 11) is 0. The van der Waals surface area contributed by atoms with Gasteiger partial charge in [-0.2, -0.15) is 5.10 Å². The monoisotopic (exact) mass is 322 g/mol. The number of aromatic nitrogens is 3. The molecule has 0 saturated heterocycles. The number of fused-ring (bicyclic) bond motifs is 1. The summed E-state index contributed by atoms with van der Waals surface area (Å²) in [4.78, 5) is 4.22. The van der Waals surface area contributed by atoms with Crippen LogP contribution in [0.1, 0.15) is 23.4 Å². The first-order valence-corrected chi connectivity index (χ1v) is 7.09. The van der Waals surface area contributed by atoms with Crippen molar-refractivity contribution >= 4 is 15.9 Å². The van der Waals surface area contributed by atoms with E-state index in [4.69, 9.17) is 0 Å².